The maximum absolute atomic E-state index is 2.46. The van der Waals surface area contributed by atoms with Gasteiger partial charge in [-0.25, -0.2) is 0 Å². The number of hydrogen-bond acceptors (Lipinski definition) is 3. The van der Waals surface area contributed by atoms with Crippen LogP contribution in [0.5, 0.6) is 0 Å². The molecule has 60 heavy (non-hydrogen) atoms. The lowest BCUT2D eigenvalue weighted by atomic mass is 10.0. The molecule has 0 saturated heterocycles. The van der Waals surface area contributed by atoms with Crippen LogP contribution in [-0.4, -0.2) is 4.57 Å². The zero-order chi connectivity index (χ0) is 39.6. The van der Waals surface area contributed by atoms with Gasteiger partial charge < -0.3 is 14.4 Å². The van der Waals surface area contributed by atoms with Crippen molar-refractivity contribution in [2.24, 2.45) is 0 Å². The summed E-state index contributed by atoms with van der Waals surface area (Å²) in [6, 6.07) is 81.8. The van der Waals surface area contributed by atoms with E-state index in [4.69, 9.17) is 0 Å². The molecule has 10 aromatic carbocycles. The third kappa shape index (κ3) is 5.57. The van der Waals surface area contributed by atoms with Crippen molar-refractivity contribution in [2.45, 2.75) is 0 Å². The van der Waals surface area contributed by atoms with Gasteiger partial charge in [-0.05, 0) is 113 Å². The summed E-state index contributed by atoms with van der Waals surface area (Å²) in [5, 5.41) is 9.95. The second-order valence-corrected chi connectivity index (χ2v) is 16.4. The van der Waals surface area contributed by atoms with Gasteiger partial charge in [0, 0.05) is 59.4 Å². The first-order chi connectivity index (χ1) is 29.8. The molecule has 0 radical (unpaired) electrons. The molecule has 0 saturated carbocycles. The summed E-state index contributed by atoms with van der Waals surface area (Å²) < 4.78 is 5.05. The van der Waals surface area contributed by atoms with Gasteiger partial charge in [0.05, 0.1) is 22.4 Å². The predicted octanol–water partition coefficient (Wildman–Crippen LogP) is 16.4. The number of aromatic nitrogens is 1. The highest BCUT2D eigenvalue weighted by atomic mass is 32.1. The summed E-state index contributed by atoms with van der Waals surface area (Å²) in [7, 11) is 0. The fourth-order valence-corrected chi connectivity index (χ4v) is 10.3. The molecule has 0 bridgehead atoms. The minimum absolute atomic E-state index is 1.06. The van der Waals surface area contributed by atoms with E-state index in [0.29, 0.717) is 0 Å². The van der Waals surface area contributed by atoms with E-state index in [1.165, 1.54) is 52.5 Å². The van der Waals surface area contributed by atoms with Gasteiger partial charge >= 0.3 is 0 Å². The number of fused-ring (bicyclic) bond motifs is 9. The van der Waals surface area contributed by atoms with E-state index in [0.717, 1.165) is 50.8 Å². The van der Waals surface area contributed by atoms with Crippen molar-refractivity contribution in [3.8, 4) is 5.69 Å². The third-order valence-corrected chi connectivity index (χ3v) is 13.0. The standard InChI is InChI=1S/C56H37N3S/c1-4-19-41(20-5-1)57(45-31-33-53-49(35-45)55-47-25-13-12-17-39(47)29-32-54(55)60-53)46-36-51(58(42-21-6-2-7-22-42)43-23-8-3-9-24-43)56-48-26-14-15-27-50(48)59(52(56)37-46)44-30-28-38-16-10-11-18-40(38)34-44/h1-37H. The number of anilines is 6. The van der Waals surface area contributed by atoms with Gasteiger partial charge in [0.25, 0.3) is 0 Å². The molecule has 0 unspecified atom stereocenters. The van der Waals surface area contributed by atoms with Crippen LogP contribution in [0.1, 0.15) is 0 Å². The van der Waals surface area contributed by atoms with Crippen molar-refractivity contribution < 1.29 is 0 Å². The quantitative estimate of drug-likeness (QED) is 0.159. The van der Waals surface area contributed by atoms with Crippen molar-refractivity contribution in [2.75, 3.05) is 9.80 Å². The number of nitrogens with zero attached hydrogens (tertiary/aromatic N) is 3. The SMILES string of the molecule is c1ccc(N(c2ccc3sc4ccc5ccccc5c4c3c2)c2cc(N(c3ccccc3)c3ccccc3)c3c4ccccc4n(-c4ccc5ccccc5c4)c3c2)cc1. The Morgan fingerprint density at radius 3 is 1.63 bits per heavy atom. The van der Waals surface area contributed by atoms with E-state index < -0.39 is 0 Å². The van der Waals surface area contributed by atoms with E-state index >= 15 is 0 Å². The Bertz CT molecular complexity index is 3510. The lowest BCUT2D eigenvalue weighted by Gasteiger charge is -2.30. The van der Waals surface area contributed by atoms with Crippen molar-refractivity contribution >= 4 is 109 Å². The van der Waals surface area contributed by atoms with Crippen LogP contribution in [0.3, 0.4) is 0 Å². The van der Waals surface area contributed by atoms with Gasteiger partial charge in [-0.3, -0.25) is 0 Å². The van der Waals surface area contributed by atoms with E-state index in [-0.39, 0.29) is 0 Å². The number of hydrogen-bond donors (Lipinski definition) is 0. The Balaban J connectivity index is 1.21. The first-order valence-electron chi connectivity index (χ1n) is 20.4. The molecule has 0 spiro atoms. The Kier molecular flexibility index (Phi) is 8.03. The molecule has 0 aliphatic carbocycles. The van der Waals surface area contributed by atoms with Crippen LogP contribution in [0.4, 0.5) is 34.1 Å². The molecule has 12 rings (SSSR count). The molecule has 3 nitrogen and oxygen atoms in total. The average Bonchev–Trinajstić information content (AvgIpc) is 3.86. The van der Waals surface area contributed by atoms with Gasteiger partial charge in [0.2, 0.25) is 0 Å². The number of benzene rings is 10. The largest absolute Gasteiger partial charge is 0.310 e. The molecular weight excluding hydrogens is 747 g/mol. The van der Waals surface area contributed by atoms with Crippen molar-refractivity contribution in [1.29, 1.82) is 0 Å². The van der Waals surface area contributed by atoms with Crippen molar-refractivity contribution in [1.82, 2.24) is 4.57 Å². The third-order valence-electron chi connectivity index (χ3n) is 11.9. The summed E-state index contributed by atoms with van der Waals surface area (Å²) >= 11 is 1.87. The zero-order valence-corrected chi connectivity index (χ0v) is 33.4. The molecule has 0 fully saturated rings. The van der Waals surface area contributed by atoms with Crippen LogP contribution >= 0.6 is 11.3 Å². The molecule has 0 atom stereocenters. The number of para-hydroxylation sites is 4. The van der Waals surface area contributed by atoms with Crippen LogP contribution in [-0.2, 0) is 0 Å². The van der Waals surface area contributed by atoms with Crippen molar-refractivity contribution in [3.05, 3.63) is 224 Å². The van der Waals surface area contributed by atoms with Crippen LogP contribution < -0.4 is 9.80 Å². The maximum Gasteiger partial charge on any atom is 0.0583 e. The van der Waals surface area contributed by atoms with Gasteiger partial charge in [-0.15, -0.1) is 11.3 Å². The Morgan fingerprint density at radius 2 is 0.900 bits per heavy atom. The molecule has 0 aliphatic heterocycles. The lowest BCUT2D eigenvalue weighted by Crippen LogP contribution is -2.14. The molecule has 2 aromatic heterocycles. The molecule has 0 amide bonds. The fourth-order valence-electron chi connectivity index (χ4n) is 9.24. The van der Waals surface area contributed by atoms with Crippen molar-refractivity contribution in [3.63, 3.8) is 0 Å². The van der Waals surface area contributed by atoms with Crippen LogP contribution in [0.25, 0.3) is 69.2 Å². The maximum atomic E-state index is 2.46. The molecule has 0 aliphatic rings. The summed E-state index contributed by atoms with van der Waals surface area (Å²) in [4.78, 5) is 4.86. The Morgan fingerprint density at radius 1 is 0.317 bits per heavy atom. The molecule has 282 valence electrons. The molecule has 4 heteroatoms. The molecular formula is C56H37N3S. The Hall–Kier alpha value is -7.66. The van der Waals surface area contributed by atoms with E-state index in [2.05, 4.69) is 239 Å². The summed E-state index contributed by atoms with van der Waals surface area (Å²) in [6.45, 7) is 0. The molecule has 12 aromatic rings. The highest BCUT2D eigenvalue weighted by Gasteiger charge is 2.25. The topological polar surface area (TPSA) is 11.4 Å². The molecule has 0 N–H and O–H groups in total. The minimum Gasteiger partial charge on any atom is -0.310 e. The average molecular weight is 784 g/mol. The van der Waals surface area contributed by atoms with Gasteiger partial charge in [0.1, 0.15) is 0 Å². The van der Waals surface area contributed by atoms with Crippen LogP contribution in [0.2, 0.25) is 0 Å². The van der Waals surface area contributed by atoms with Gasteiger partial charge in [-0.2, -0.15) is 0 Å². The summed E-state index contributed by atoms with van der Waals surface area (Å²) in [6.07, 6.45) is 0. The second-order valence-electron chi connectivity index (χ2n) is 15.4. The number of rotatable bonds is 7. The number of thiophene rings is 1. The minimum atomic E-state index is 1.06. The first kappa shape index (κ1) is 34.4. The van der Waals surface area contributed by atoms with E-state index in [1.54, 1.807) is 0 Å². The van der Waals surface area contributed by atoms with Crippen LogP contribution in [0, 0.1) is 0 Å². The van der Waals surface area contributed by atoms with Gasteiger partial charge in [-0.1, -0.05) is 133 Å². The summed E-state index contributed by atoms with van der Waals surface area (Å²) in [5.74, 6) is 0. The highest BCUT2D eigenvalue weighted by Crippen LogP contribution is 2.49. The lowest BCUT2D eigenvalue weighted by molar-refractivity contribution is 1.18. The predicted molar refractivity (Wildman–Crippen MR) is 258 cm³/mol. The van der Waals surface area contributed by atoms with Gasteiger partial charge in [0.15, 0.2) is 0 Å². The first-order valence-corrected chi connectivity index (χ1v) is 21.2. The highest BCUT2D eigenvalue weighted by molar-refractivity contribution is 7.26. The fraction of sp³-hybridized carbons (Fsp3) is 0. The second kappa shape index (κ2) is 14.0. The Labute approximate surface area is 351 Å². The van der Waals surface area contributed by atoms with E-state index in [9.17, 15) is 0 Å². The van der Waals surface area contributed by atoms with E-state index in [1.807, 2.05) is 11.3 Å². The molecule has 2 heterocycles. The smallest absolute Gasteiger partial charge is 0.0583 e. The monoisotopic (exact) mass is 783 g/mol. The zero-order valence-electron chi connectivity index (χ0n) is 32.6. The van der Waals surface area contributed by atoms with Crippen LogP contribution in [0.15, 0.2) is 224 Å². The summed E-state index contributed by atoms with van der Waals surface area (Å²) in [5.41, 5.74) is 9.95. The normalized spacial score (nSPS) is 11.7.